The van der Waals surface area contributed by atoms with Gasteiger partial charge in [0.25, 0.3) is 23.4 Å². The Kier molecular flexibility index (Phi) is 23.3. The first kappa shape index (κ1) is 57.7. The Balaban J connectivity index is 0.000000302. The van der Waals surface area contributed by atoms with Gasteiger partial charge >= 0.3 is 41.8 Å². The summed E-state index contributed by atoms with van der Waals surface area (Å²) in [5.41, 5.74) is 0. The molecular weight excluding hydrogens is 1110 g/mol. The van der Waals surface area contributed by atoms with Crippen molar-refractivity contribution in [3.8, 4) is 0 Å². The number of anilines is 2. The molecule has 2 N–H and O–H groups in total. The van der Waals surface area contributed by atoms with E-state index in [1.807, 2.05) is 35.1 Å². The number of rotatable bonds is 6. The van der Waals surface area contributed by atoms with Crippen LogP contribution in [0.5, 0.6) is 0 Å². The maximum absolute atomic E-state index is 12.1. The number of aromatic nitrogens is 2. The van der Waals surface area contributed by atoms with Crippen molar-refractivity contribution in [2.45, 2.75) is 24.7 Å². The normalized spacial score (nSPS) is 16.2. The van der Waals surface area contributed by atoms with Gasteiger partial charge in [-0.25, -0.2) is 9.97 Å². The van der Waals surface area contributed by atoms with Crippen molar-refractivity contribution in [1.82, 2.24) is 9.97 Å². The largest absolute Gasteiger partial charge is 2.00 e. The number of carbonyl (C=O) groups excluding carboxylic acids is 4. The number of ketones is 2. The fourth-order valence-corrected chi connectivity index (χ4v) is 12.0. The molecular formula is C34H18CuF12N4O6S8. The zero-order chi connectivity index (χ0) is 47.9. The number of hydrogen-bond donors (Lipinski definition) is 2. The minimum Gasteiger partial charge on any atom is -0.869 e. The number of nitrogens with one attached hydrogen (secondary N) is 2. The monoisotopic (exact) mass is 1120 g/mol. The van der Waals surface area contributed by atoms with Crippen LogP contribution in [-0.4, -0.2) is 58.1 Å². The average Bonchev–Trinajstić information content (AvgIpc) is 4.06. The molecule has 4 aliphatic heterocycles. The zero-order valence-corrected chi connectivity index (χ0v) is 38.2. The van der Waals surface area contributed by atoms with Gasteiger partial charge in [-0.05, 0) is 80.4 Å². The smallest absolute Gasteiger partial charge is 0.869 e. The molecule has 0 atom stereocenters. The summed E-state index contributed by atoms with van der Waals surface area (Å²) in [7, 11) is 0. The summed E-state index contributed by atoms with van der Waals surface area (Å²) >= 11 is 13.0. The summed E-state index contributed by atoms with van der Waals surface area (Å²) in [6.07, 6.45) is -20.6. The molecule has 0 bridgehead atoms. The van der Waals surface area contributed by atoms with Crippen molar-refractivity contribution < 1.29 is 99.1 Å². The molecule has 2 amide bonds. The molecule has 0 saturated carbocycles. The summed E-state index contributed by atoms with van der Waals surface area (Å²) in [6, 6.07) is 10.9. The molecule has 10 nitrogen and oxygen atoms in total. The van der Waals surface area contributed by atoms with E-state index < -0.39 is 59.9 Å². The SMILES string of the molecule is O=C(/C=C(\[O-])C(F)(F)F)C(F)(F)F.O=C(/C=C(\[O-])C(F)(F)F)C(F)(F)F.O=C(Nc1ccccn1)C1=CSC(=C2SC=CS2)S1.O=C(Nc1ccccn1)C1=CSC(=C2SC=CS2)S1.[Cu+2]. The number of amides is 2. The molecule has 6 rings (SSSR count). The molecule has 0 fully saturated rings. The van der Waals surface area contributed by atoms with Gasteiger partial charge in [-0.3, -0.25) is 19.2 Å². The van der Waals surface area contributed by atoms with Crippen LogP contribution in [0.25, 0.3) is 0 Å². The quantitative estimate of drug-likeness (QED) is 0.121. The van der Waals surface area contributed by atoms with Crippen LogP contribution < -0.4 is 20.8 Å². The fraction of sp³-hybridized carbons (Fsp3) is 0.118. The van der Waals surface area contributed by atoms with Crippen LogP contribution in [0.4, 0.5) is 64.3 Å². The number of pyridine rings is 2. The van der Waals surface area contributed by atoms with Crippen molar-refractivity contribution in [2.24, 2.45) is 0 Å². The second-order valence-corrected chi connectivity index (χ2v) is 19.2. The summed E-state index contributed by atoms with van der Waals surface area (Å²) in [5.74, 6) is -10.4. The van der Waals surface area contributed by atoms with E-state index in [1.165, 1.54) is 40.5 Å². The molecule has 0 spiro atoms. The Morgan fingerprint density at radius 1 is 0.492 bits per heavy atom. The van der Waals surface area contributed by atoms with Gasteiger partial charge in [0, 0.05) is 12.4 Å². The molecule has 6 heterocycles. The van der Waals surface area contributed by atoms with Crippen LogP contribution in [0.15, 0.2) is 132 Å². The minimum absolute atomic E-state index is 0. The van der Waals surface area contributed by atoms with Crippen molar-refractivity contribution in [1.29, 1.82) is 0 Å². The van der Waals surface area contributed by atoms with Crippen LogP contribution in [0, 0.1) is 0 Å². The van der Waals surface area contributed by atoms with Gasteiger partial charge < -0.3 is 20.8 Å². The van der Waals surface area contributed by atoms with Gasteiger partial charge in [0.2, 0.25) is 0 Å². The Morgan fingerprint density at radius 2 is 0.815 bits per heavy atom. The van der Waals surface area contributed by atoms with Gasteiger partial charge in [-0.1, -0.05) is 106 Å². The summed E-state index contributed by atoms with van der Waals surface area (Å²) in [6.45, 7) is 0. The predicted octanol–water partition coefficient (Wildman–Crippen LogP) is 10.7. The molecule has 2 aromatic heterocycles. The van der Waals surface area contributed by atoms with Gasteiger partial charge in [-0.2, -0.15) is 52.7 Å². The molecule has 1 radical (unpaired) electrons. The number of nitrogens with zero attached hydrogens (tertiary/aromatic N) is 2. The number of hydrogen-bond acceptors (Lipinski definition) is 16. The number of halogens is 12. The van der Waals surface area contributed by atoms with Crippen molar-refractivity contribution in [3.63, 3.8) is 0 Å². The summed E-state index contributed by atoms with van der Waals surface area (Å²) < 4.78 is 140. The molecule has 2 aromatic rings. The first-order valence-corrected chi connectivity index (χ1v) is 22.8. The van der Waals surface area contributed by atoms with E-state index in [4.69, 9.17) is 0 Å². The summed E-state index contributed by atoms with van der Waals surface area (Å²) in [5, 5.41) is 37.2. The standard InChI is InChI=1S/2C12H8N2OS4.2C5H2F6O2.Cu/c2*15-10(14-9-3-1-2-4-13-9)8-7-18-12(19-8)11-16-5-6-17-11;2*6-4(7,8)2(12)1-3(13)5(9,10)11;/h2*1-7H,(H,13,14,15);2*1,12H;/q;;;;+2/p-2/b;;2*2-1-;. The second kappa shape index (κ2) is 26.2. The van der Waals surface area contributed by atoms with Crippen LogP contribution in [0.1, 0.15) is 0 Å². The molecule has 31 heteroatoms. The third-order valence-electron chi connectivity index (χ3n) is 6.00. The molecule has 0 aliphatic carbocycles. The Morgan fingerprint density at radius 3 is 1.08 bits per heavy atom. The number of carbonyl (C=O) groups is 4. The molecule has 0 saturated heterocycles. The Bertz CT molecular complexity index is 2120. The van der Waals surface area contributed by atoms with E-state index in [9.17, 15) is 82.1 Å². The van der Waals surface area contributed by atoms with Crippen LogP contribution in [0.3, 0.4) is 0 Å². The minimum atomic E-state index is -5.46. The number of allylic oxidation sites excluding steroid dienone is 4. The topological polar surface area (TPSA) is 164 Å². The molecule has 0 aromatic carbocycles. The van der Waals surface area contributed by atoms with Gasteiger partial charge in [-0.15, -0.1) is 0 Å². The Labute approximate surface area is 402 Å². The van der Waals surface area contributed by atoms with E-state index >= 15 is 0 Å². The Hall–Kier alpha value is -3.42. The van der Waals surface area contributed by atoms with Crippen LogP contribution in [-0.2, 0) is 36.2 Å². The third-order valence-corrected chi connectivity index (χ3v) is 16.0. The maximum atomic E-state index is 12.1. The van der Waals surface area contributed by atoms with E-state index in [-0.39, 0.29) is 28.9 Å². The fourth-order valence-electron chi connectivity index (χ4n) is 3.29. The molecule has 353 valence electrons. The number of alkyl halides is 12. The van der Waals surface area contributed by atoms with Crippen molar-refractivity contribution >= 4 is 129 Å². The van der Waals surface area contributed by atoms with Crippen LogP contribution in [0.2, 0.25) is 0 Å². The first-order chi connectivity index (χ1) is 29.8. The zero-order valence-electron chi connectivity index (χ0n) is 30.7. The van der Waals surface area contributed by atoms with E-state index in [2.05, 4.69) is 42.2 Å². The maximum Gasteiger partial charge on any atom is 2.00 e. The van der Waals surface area contributed by atoms with E-state index in [0.29, 0.717) is 21.4 Å². The van der Waals surface area contributed by atoms with E-state index in [0.717, 1.165) is 0 Å². The predicted molar refractivity (Wildman–Crippen MR) is 225 cm³/mol. The van der Waals surface area contributed by atoms with Crippen LogP contribution >= 0.6 is 94.1 Å². The summed E-state index contributed by atoms with van der Waals surface area (Å²) in [4.78, 5) is 53.4. The van der Waals surface area contributed by atoms with Crippen molar-refractivity contribution in [3.05, 3.63) is 132 Å². The van der Waals surface area contributed by atoms with Gasteiger partial charge in [0.15, 0.2) is 0 Å². The molecule has 0 unspecified atom stereocenters. The van der Waals surface area contributed by atoms with E-state index in [1.54, 1.807) is 95.1 Å². The van der Waals surface area contributed by atoms with Crippen molar-refractivity contribution in [2.75, 3.05) is 10.6 Å². The number of thioether (sulfide) groups is 8. The van der Waals surface area contributed by atoms with Gasteiger partial charge in [0.05, 0.1) is 26.8 Å². The van der Waals surface area contributed by atoms with Gasteiger partial charge in [0.1, 0.15) is 11.6 Å². The third kappa shape index (κ3) is 20.5. The second-order valence-electron chi connectivity index (χ2n) is 10.6. The molecule has 4 aliphatic rings. The molecule has 65 heavy (non-hydrogen) atoms. The first-order valence-electron chi connectivity index (χ1n) is 15.9. The average molecular weight is 1130 g/mol.